The molecule has 5 heteroatoms. The molecule has 60 valence electrons. The predicted molar refractivity (Wildman–Crippen MR) is 40.5 cm³/mol. The van der Waals surface area contributed by atoms with Crippen LogP contribution < -0.4 is 4.72 Å². The maximum absolute atomic E-state index is 9.97. The fourth-order valence-electron chi connectivity index (χ4n) is 0.298. The topological polar surface area (TPSA) is 66.4 Å². The van der Waals surface area contributed by atoms with Gasteiger partial charge in [0.15, 0.2) is 0 Å². The van der Waals surface area contributed by atoms with Crippen molar-refractivity contribution in [3.05, 3.63) is 0 Å². The zero-order valence-electron chi connectivity index (χ0n) is 5.66. The highest BCUT2D eigenvalue weighted by molar-refractivity contribution is 7.83. The first kappa shape index (κ1) is 9.83. The van der Waals surface area contributed by atoms with Gasteiger partial charge in [-0.15, -0.1) is 12.3 Å². The first-order valence-corrected chi connectivity index (χ1v) is 4.16. The van der Waals surface area contributed by atoms with Crippen molar-refractivity contribution in [2.75, 3.05) is 0 Å². The quantitative estimate of drug-likeness (QED) is 0.262. The lowest BCUT2D eigenvalue weighted by Crippen LogP contribution is -2.16. The monoisotopic (exact) mass is 173 g/mol. The number of rotatable bonds is 2. The van der Waals surface area contributed by atoms with Crippen LogP contribution in [0.15, 0.2) is 0 Å². The lowest BCUT2D eigenvalue weighted by Gasteiger charge is -1.87. The van der Waals surface area contributed by atoms with Crippen LogP contribution >= 0.6 is 0 Å². The van der Waals surface area contributed by atoms with Gasteiger partial charge in [0.25, 0.3) is 0 Å². The number of nitrogens with one attached hydrogen (secondary N) is 1. The van der Waals surface area contributed by atoms with E-state index in [1.165, 1.54) is 0 Å². The fraction of sp³-hybridized carbons (Fsp3) is 0.333. The summed E-state index contributed by atoms with van der Waals surface area (Å²) in [5, 5.41) is 0. The van der Waals surface area contributed by atoms with Crippen LogP contribution in [0.1, 0.15) is 12.8 Å². The minimum absolute atomic E-state index is 0.402. The van der Waals surface area contributed by atoms with Crippen LogP contribution in [-0.4, -0.2) is 13.0 Å². The van der Waals surface area contributed by atoms with Crippen LogP contribution in [-0.2, 0) is 10.3 Å². The van der Waals surface area contributed by atoms with Crippen LogP contribution in [0.3, 0.4) is 0 Å². The normalized spacial score (nSPS) is 9.09. The van der Waals surface area contributed by atoms with Crippen molar-refractivity contribution in [3.8, 4) is 24.3 Å². The van der Waals surface area contributed by atoms with Gasteiger partial charge in [-0.2, -0.15) is 8.42 Å². The van der Waals surface area contributed by atoms with Gasteiger partial charge in [0, 0.05) is 18.9 Å². The molecule has 0 amide bonds. The molecular weight excluding hydrogens is 166 g/mol. The molecule has 0 bridgehead atoms. The molecule has 0 aliphatic rings. The van der Waals surface area contributed by atoms with Crippen LogP contribution in [0.4, 0.5) is 0 Å². The molecule has 0 aliphatic carbocycles. The first-order valence-electron chi connectivity index (χ1n) is 2.72. The van der Waals surface area contributed by atoms with E-state index >= 15 is 0 Å². The highest BCUT2D eigenvalue weighted by Gasteiger charge is 1.94. The van der Waals surface area contributed by atoms with Crippen LogP contribution in [0.2, 0.25) is 0 Å². The van der Waals surface area contributed by atoms with Crippen molar-refractivity contribution < 1.29 is 13.0 Å². The Kier molecular flexibility index (Phi) is 4.12. The Hall–Kier alpha value is -1.17. The Labute approximate surface area is 65.9 Å². The van der Waals surface area contributed by atoms with Gasteiger partial charge in [-0.05, 0) is 0 Å². The number of hydrogen-bond donors (Lipinski definition) is 2. The molecule has 11 heavy (non-hydrogen) atoms. The summed E-state index contributed by atoms with van der Waals surface area (Å²) in [5.74, 6) is 4.72. The molecule has 2 N–H and O–H groups in total. The van der Waals surface area contributed by atoms with E-state index in [-0.39, 0.29) is 0 Å². The molecule has 0 spiro atoms. The van der Waals surface area contributed by atoms with E-state index in [0.717, 1.165) is 0 Å². The Morgan fingerprint density at radius 1 is 1.45 bits per heavy atom. The zero-order chi connectivity index (χ0) is 8.74. The van der Waals surface area contributed by atoms with Crippen molar-refractivity contribution in [1.82, 2.24) is 4.72 Å². The van der Waals surface area contributed by atoms with E-state index in [2.05, 4.69) is 11.8 Å². The summed E-state index contributed by atoms with van der Waals surface area (Å²) in [6.07, 6.45) is 5.75. The lowest BCUT2D eigenvalue weighted by molar-refractivity contribution is 0.477. The average Bonchev–Trinajstić information content (AvgIpc) is 1.85. The largest absolute Gasteiger partial charge is 0.364 e. The summed E-state index contributed by atoms with van der Waals surface area (Å²) < 4.78 is 29.6. The van der Waals surface area contributed by atoms with Gasteiger partial charge in [0.2, 0.25) is 0 Å². The molecule has 0 aromatic heterocycles. The molecular formula is C6H7NO3S. The molecule has 0 aliphatic heterocycles. The molecule has 0 aromatic rings. The Morgan fingerprint density at radius 3 is 2.55 bits per heavy atom. The Balaban J connectivity index is 3.68. The minimum Gasteiger partial charge on any atom is -0.269 e. The summed E-state index contributed by atoms with van der Waals surface area (Å²) >= 11 is 0. The molecule has 0 radical (unpaired) electrons. The summed E-state index contributed by atoms with van der Waals surface area (Å²) in [6.45, 7) is 0. The number of unbranched alkanes of at least 4 members (excludes halogenated alkanes) is 1. The van der Waals surface area contributed by atoms with Crippen molar-refractivity contribution in [2.24, 2.45) is 0 Å². The summed E-state index contributed by atoms with van der Waals surface area (Å²) in [4.78, 5) is 0. The number of terminal acetylenes is 1. The Morgan fingerprint density at radius 2 is 2.09 bits per heavy atom. The predicted octanol–water partition coefficient (Wildman–Crippen LogP) is -0.247. The second-order valence-corrected chi connectivity index (χ2v) is 2.74. The van der Waals surface area contributed by atoms with Crippen LogP contribution in [0, 0.1) is 24.3 Å². The third-order valence-corrected chi connectivity index (χ3v) is 1.02. The van der Waals surface area contributed by atoms with E-state index in [0.29, 0.717) is 12.8 Å². The van der Waals surface area contributed by atoms with Gasteiger partial charge in [-0.25, -0.2) is 4.72 Å². The molecule has 0 rings (SSSR count). The van der Waals surface area contributed by atoms with Crippen molar-refractivity contribution in [3.63, 3.8) is 0 Å². The smallest absolute Gasteiger partial charge is 0.269 e. The number of hydrogen-bond acceptors (Lipinski definition) is 2. The molecule has 0 saturated carbocycles. The fourth-order valence-corrected chi connectivity index (χ4v) is 0.499. The third-order valence-electron chi connectivity index (χ3n) is 0.663. The standard InChI is InChI=1S/C6H7NO3S/c1-2-3-4-5-6-7-11(8,9)10/h1,7H,3-4H2,(H,8,9,10). The summed E-state index contributed by atoms with van der Waals surface area (Å²) in [5.41, 5.74) is 0. The maximum atomic E-state index is 9.97. The van der Waals surface area contributed by atoms with Crippen molar-refractivity contribution >= 4 is 10.3 Å². The molecule has 0 saturated heterocycles. The van der Waals surface area contributed by atoms with Gasteiger partial charge in [0.1, 0.15) is 0 Å². The lowest BCUT2D eigenvalue weighted by atomic mass is 10.3. The highest BCUT2D eigenvalue weighted by Crippen LogP contribution is 1.80. The van der Waals surface area contributed by atoms with Gasteiger partial charge >= 0.3 is 10.3 Å². The van der Waals surface area contributed by atoms with Gasteiger partial charge in [0.05, 0.1) is 0 Å². The summed E-state index contributed by atoms with van der Waals surface area (Å²) in [7, 11) is -4.19. The van der Waals surface area contributed by atoms with E-state index in [4.69, 9.17) is 11.0 Å². The van der Waals surface area contributed by atoms with Gasteiger partial charge < -0.3 is 0 Å². The minimum atomic E-state index is -4.19. The molecule has 0 aromatic carbocycles. The molecule has 4 nitrogen and oxygen atoms in total. The maximum Gasteiger partial charge on any atom is 0.364 e. The average molecular weight is 173 g/mol. The second-order valence-electron chi connectivity index (χ2n) is 1.58. The molecule has 0 fully saturated rings. The van der Waals surface area contributed by atoms with Crippen molar-refractivity contribution in [1.29, 1.82) is 0 Å². The zero-order valence-corrected chi connectivity index (χ0v) is 6.48. The van der Waals surface area contributed by atoms with Crippen LogP contribution in [0.5, 0.6) is 0 Å². The van der Waals surface area contributed by atoms with Gasteiger partial charge in [-0.3, -0.25) is 4.55 Å². The van der Waals surface area contributed by atoms with Gasteiger partial charge in [-0.1, -0.05) is 5.92 Å². The molecule has 0 unspecified atom stereocenters. The van der Waals surface area contributed by atoms with E-state index < -0.39 is 10.3 Å². The highest BCUT2D eigenvalue weighted by atomic mass is 32.2. The molecule has 0 atom stereocenters. The van der Waals surface area contributed by atoms with E-state index in [1.807, 2.05) is 6.04 Å². The van der Waals surface area contributed by atoms with E-state index in [9.17, 15) is 8.42 Å². The Bertz CT molecular complexity index is 301. The second kappa shape index (κ2) is 4.62. The van der Waals surface area contributed by atoms with Crippen molar-refractivity contribution in [2.45, 2.75) is 12.8 Å². The first-order chi connectivity index (χ1) is 5.06. The van der Waals surface area contributed by atoms with Crippen LogP contribution in [0.25, 0.3) is 0 Å². The van der Waals surface area contributed by atoms with E-state index in [1.54, 1.807) is 4.72 Å². The molecule has 0 heterocycles. The SMILES string of the molecule is C#CCCC#CNS(=O)(=O)O. The summed E-state index contributed by atoms with van der Waals surface area (Å²) in [6, 6.07) is 2.03. The third kappa shape index (κ3) is 8.83.